The number of aromatic nitrogens is 1. The van der Waals surface area contributed by atoms with Gasteiger partial charge in [-0.25, -0.2) is 13.2 Å². The van der Waals surface area contributed by atoms with Crippen LogP contribution >= 0.6 is 22.7 Å². The number of nitrogens with zero attached hydrogens (tertiary/aromatic N) is 2. The number of hydrogen-bond donors (Lipinski definition) is 1. The predicted molar refractivity (Wildman–Crippen MR) is 147 cm³/mol. The fourth-order valence-corrected chi connectivity index (χ4v) is 7.80. The number of fused-ring (bicyclic) bond motifs is 2. The summed E-state index contributed by atoms with van der Waals surface area (Å²) in [6.07, 6.45) is 2.40. The van der Waals surface area contributed by atoms with Crippen molar-refractivity contribution < 1.29 is 32.3 Å². The van der Waals surface area contributed by atoms with Crippen molar-refractivity contribution in [2.24, 2.45) is 4.99 Å². The van der Waals surface area contributed by atoms with E-state index in [1.54, 1.807) is 14.0 Å². The van der Waals surface area contributed by atoms with Crippen LogP contribution in [0.1, 0.15) is 39.7 Å². The molecule has 0 saturated carbocycles. The van der Waals surface area contributed by atoms with Crippen LogP contribution in [-0.4, -0.2) is 62.6 Å². The van der Waals surface area contributed by atoms with E-state index in [0.29, 0.717) is 29.9 Å². The molecule has 1 aliphatic carbocycles. The summed E-state index contributed by atoms with van der Waals surface area (Å²) >= 11 is 2.54. The number of carbonyl (C=O) groups is 3. The maximum Gasteiger partial charge on any atom is 0.341 e. The second kappa shape index (κ2) is 11.9. The van der Waals surface area contributed by atoms with Crippen molar-refractivity contribution in [2.75, 3.05) is 37.1 Å². The summed E-state index contributed by atoms with van der Waals surface area (Å²) in [7, 11) is -2.55. The van der Waals surface area contributed by atoms with Gasteiger partial charge in [0.15, 0.2) is 14.6 Å². The largest absolute Gasteiger partial charge is 0.462 e. The first kappa shape index (κ1) is 28.1. The van der Waals surface area contributed by atoms with Gasteiger partial charge in [0, 0.05) is 18.5 Å². The number of benzene rings is 1. The summed E-state index contributed by atoms with van der Waals surface area (Å²) in [4.78, 5) is 43.2. The average Bonchev–Trinajstić information content (AvgIpc) is 3.49. The summed E-state index contributed by atoms with van der Waals surface area (Å²) in [6.45, 7) is 4.66. The molecular weight excluding hydrogens is 550 g/mol. The fourth-order valence-electron chi connectivity index (χ4n) is 4.32. The van der Waals surface area contributed by atoms with Crippen LogP contribution in [0.25, 0.3) is 10.2 Å². The van der Waals surface area contributed by atoms with Crippen LogP contribution in [-0.2, 0) is 48.3 Å². The molecule has 1 N–H and O–H groups in total. The summed E-state index contributed by atoms with van der Waals surface area (Å²) < 4.78 is 38.5. The molecule has 0 unspecified atom stereocenters. The Morgan fingerprint density at radius 2 is 1.95 bits per heavy atom. The highest BCUT2D eigenvalue weighted by atomic mass is 32.2. The Bertz CT molecular complexity index is 1560. The number of rotatable bonds is 10. The molecule has 4 rings (SSSR count). The molecule has 0 radical (unpaired) electrons. The first-order valence-electron chi connectivity index (χ1n) is 12.1. The predicted octanol–water partition coefficient (Wildman–Crippen LogP) is 2.87. The number of anilines is 1. The number of amides is 2. The Hall–Kier alpha value is -2.87. The fraction of sp³-hybridized carbons (Fsp3) is 0.440. The van der Waals surface area contributed by atoms with Gasteiger partial charge in [-0.2, -0.15) is 4.99 Å². The average molecular weight is 580 g/mol. The number of aryl methyl sites for hydroxylation is 2. The molecule has 1 aromatic carbocycles. The van der Waals surface area contributed by atoms with E-state index in [-0.39, 0.29) is 11.6 Å². The molecule has 0 atom stereocenters. The zero-order valence-electron chi connectivity index (χ0n) is 21.4. The third-order valence-electron chi connectivity index (χ3n) is 5.93. The van der Waals surface area contributed by atoms with Gasteiger partial charge in [0.05, 0.1) is 29.0 Å². The molecular formula is C25H29N3O7S3. The lowest BCUT2D eigenvalue weighted by atomic mass is 10.1. The summed E-state index contributed by atoms with van der Waals surface area (Å²) in [6, 6.07) is 5.84. The van der Waals surface area contributed by atoms with Crippen molar-refractivity contribution in [1.29, 1.82) is 0 Å². The summed E-state index contributed by atoms with van der Waals surface area (Å²) in [5.41, 5.74) is 3.06. The Balaban J connectivity index is 1.50. The molecule has 204 valence electrons. The van der Waals surface area contributed by atoms with Crippen LogP contribution in [0.15, 0.2) is 23.2 Å². The molecule has 0 bridgehead atoms. The second-order valence-electron chi connectivity index (χ2n) is 8.87. The third-order valence-corrected chi connectivity index (χ3v) is 9.56. The molecule has 0 fully saturated rings. The van der Waals surface area contributed by atoms with Crippen LogP contribution in [0, 0.1) is 6.92 Å². The van der Waals surface area contributed by atoms with Gasteiger partial charge in [-0.3, -0.25) is 9.59 Å². The molecule has 1 aliphatic rings. The first-order valence-corrected chi connectivity index (χ1v) is 15.6. The van der Waals surface area contributed by atoms with Gasteiger partial charge in [-0.1, -0.05) is 17.4 Å². The zero-order chi connectivity index (χ0) is 27.4. The SMILES string of the molecule is CCOC(=O)c1c(NC(=O)CS(=O)(=O)CC(=O)N=c2sc3cc(C)ccc3n2CCOC)sc2c1CCC2. The number of thiazole rings is 1. The van der Waals surface area contributed by atoms with Crippen LogP contribution < -0.4 is 10.1 Å². The van der Waals surface area contributed by atoms with E-state index >= 15 is 0 Å². The molecule has 0 saturated heterocycles. The molecule has 13 heteroatoms. The van der Waals surface area contributed by atoms with E-state index in [4.69, 9.17) is 9.47 Å². The second-order valence-corrected chi connectivity index (χ2v) is 13.0. The molecule has 38 heavy (non-hydrogen) atoms. The number of carbonyl (C=O) groups excluding carboxylic acids is 3. The van der Waals surface area contributed by atoms with Crippen molar-refractivity contribution in [3.8, 4) is 0 Å². The lowest BCUT2D eigenvalue weighted by Crippen LogP contribution is -2.28. The van der Waals surface area contributed by atoms with E-state index in [2.05, 4.69) is 10.3 Å². The van der Waals surface area contributed by atoms with Crippen molar-refractivity contribution in [3.63, 3.8) is 0 Å². The van der Waals surface area contributed by atoms with Crippen LogP contribution in [0.2, 0.25) is 0 Å². The Morgan fingerprint density at radius 1 is 1.16 bits per heavy atom. The number of sulfone groups is 1. The van der Waals surface area contributed by atoms with Crippen molar-refractivity contribution >= 4 is 65.5 Å². The number of ether oxygens (including phenoxy) is 2. The molecule has 0 spiro atoms. The van der Waals surface area contributed by atoms with Crippen molar-refractivity contribution in [3.05, 3.63) is 44.6 Å². The lowest BCUT2D eigenvalue weighted by molar-refractivity contribution is -0.115. The molecule has 3 aromatic rings. The maximum absolute atomic E-state index is 12.7. The lowest BCUT2D eigenvalue weighted by Gasteiger charge is -2.08. The normalized spacial score (nSPS) is 13.6. The summed E-state index contributed by atoms with van der Waals surface area (Å²) in [5, 5.41) is 2.84. The first-order chi connectivity index (χ1) is 18.1. The van der Waals surface area contributed by atoms with Crippen LogP contribution in [0.4, 0.5) is 5.00 Å². The Morgan fingerprint density at radius 3 is 2.68 bits per heavy atom. The van der Waals surface area contributed by atoms with Gasteiger partial charge in [-0.15, -0.1) is 11.3 Å². The molecule has 2 aromatic heterocycles. The van der Waals surface area contributed by atoms with Crippen molar-refractivity contribution in [2.45, 2.75) is 39.7 Å². The van der Waals surface area contributed by atoms with Gasteiger partial charge < -0.3 is 19.4 Å². The van der Waals surface area contributed by atoms with E-state index in [1.165, 1.54) is 22.7 Å². The topological polar surface area (TPSA) is 133 Å². The standard InChI is InChI=1S/C25H29N3O7S3/c1-4-35-24(31)22-16-6-5-7-18(16)36-23(22)26-20(29)13-38(32,33)14-21(30)27-25-28(10-11-34-3)17-9-8-15(2)12-19(17)37-25/h8-9,12H,4-7,10-11,13-14H2,1-3H3,(H,26,29). The van der Waals surface area contributed by atoms with E-state index in [9.17, 15) is 22.8 Å². The van der Waals surface area contributed by atoms with E-state index in [0.717, 1.165) is 39.1 Å². The number of nitrogens with one attached hydrogen (secondary N) is 1. The smallest absolute Gasteiger partial charge is 0.341 e. The van der Waals surface area contributed by atoms with Crippen molar-refractivity contribution in [1.82, 2.24) is 4.57 Å². The highest BCUT2D eigenvalue weighted by molar-refractivity contribution is 7.92. The van der Waals surface area contributed by atoms with Gasteiger partial charge >= 0.3 is 5.97 Å². The van der Waals surface area contributed by atoms with E-state index in [1.807, 2.05) is 29.7 Å². The Labute approximate surface area is 228 Å². The molecule has 0 aliphatic heterocycles. The minimum absolute atomic E-state index is 0.182. The van der Waals surface area contributed by atoms with Gasteiger partial charge in [0.1, 0.15) is 16.5 Å². The Kier molecular flexibility index (Phi) is 8.81. The highest BCUT2D eigenvalue weighted by Crippen LogP contribution is 2.39. The molecule has 2 heterocycles. The van der Waals surface area contributed by atoms with Gasteiger partial charge in [-0.05, 0) is 56.4 Å². The van der Waals surface area contributed by atoms with Gasteiger partial charge in [0.2, 0.25) is 5.91 Å². The number of methoxy groups -OCH3 is 1. The summed E-state index contributed by atoms with van der Waals surface area (Å²) in [5.74, 6) is -4.05. The minimum atomic E-state index is -4.12. The van der Waals surface area contributed by atoms with Gasteiger partial charge in [0.25, 0.3) is 5.91 Å². The molecule has 2 amide bonds. The number of hydrogen-bond acceptors (Lipinski definition) is 9. The monoisotopic (exact) mass is 579 g/mol. The third kappa shape index (κ3) is 6.40. The maximum atomic E-state index is 12.7. The number of esters is 1. The minimum Gasteiger partial charge on any atom is -0.462 e. The zero-order valence-corrected chi connectivity index (χ0v) is 23.8. The number of thiophene rings is 1. The quantitative estimate of drug-likeness (QED) is 0.365. The van der Waals surface area contributed by atoms with Crippen LogP contribution in [0.3, 0.4) is 0 Å². The highest BCUT2D eigenvalue weighted by Gasteiger charge is 2.29. The molecule has 10 nitrogen and oxygen atoms in total. The van der Waals surface area contributed by atoms with E-state index < -0.39 is 39.1 Å². The van der Waals surface area contributed by atoms with Crippen LogP contribution in [0.5, 0.6) is 0 Å².